The maximum atomic E-state index is 9.36. The maximum Gasteiger partial charge on any atom is 0.183 e. The third kappa shape index (κ3) is 0.960. The molecule has 0 unspecified atom stereocenters. The molecule has 5 nitrogen and oxygen atoms in total. The Morgan fingerprint density at radius 1 is 0.889 bits per heavy atom. The van der Waals surface area contributed by atoms with Gasteiger partial charge in [0.25, 0.3) is 0 Å². The molecule has 0 radical (unpaired) electrons. The van der Waals surface area contributed by atoms with E-state index in [4.69, 9.17) is 5.26 Å². The van der Waals surface area contributed by atoms with Gasteiger partial charge in [-0.2, -0.15) is 26.3 Å². The molecule has 0 heterocycles. The Hall–Kier alpha value is -2.81. The Labute approximate surface area is 104 Å². The van der Waals surface area contributed by atoms with E-state index in [9.17, 15) is 21.0 Å². The van der Waals surface area contributed by atoms with Crippen molar-refractivity contribution in [3.8, 4) is 30.3 Å². The van der Waals surface area contributed by atoms with E-state index in [1.54, 1.807) is 6.08 Å². The van der Waals surface area contributed by atoms with E-state index in [-0.39, 0.29) is 0 Å². The summed E-state index contributed by atoms with van der Waals surface area (Å²) in [5.74, 6) is -1.16. The Bertz CT molecular complexity index is 609. The van der Waals surface area contributed by atoms with Crippen LogP contribution >= 0.6 is 0 Å². The second-order valence-corrected chi connectivity index (χ2v) is 4.53. The van der Waals surface area contributed by atoms with Gasteiger partial charge in [-0.05, 0) is 12.8 Å². The van der Waals surface area contributed by atoms with Crippen LogP contribution in [0.1, 0.15) is 12.8 Å². The molecule has 1 fully saturated rings. The highest BCUT2D eigenvalue weighted by Gasteiger charge is 2.67. The third-order valence-corrected chi connectivity index (χ3v) is 4.06. The normalized spacial score (nSPS) is 29.6. The van der Waals surface area contributed by atoms with Crippen LogP contribution in [0.5, 0.6) is 0 Å². The molecule has 0 N–H and O–H groups in total. The Morgan fingerprint density at radius 2 is 1.44 bits per heavy atom. The zero-order chi connectivity index (χ0) is 13.4. The van der Waals surface area contributed by atoms with Crippen LogP contribution in [0.25, 0.3) is 0 Å². The fourth-order valence-corrected chi connectivity index (χ4v) is 3.12. The van der Waals surface area contributed by atoms with Crippen LogP contribution in [0.3, 0.4) is 0 Å². The molecule has 3 aliphatic rings. The highest BCUT2D eigenvalue weighted by atomic mass is 14.7. The second-order valence-electron chi connectivity index (χ2n) is 4.53. The van der Waals surface area contributed by atoms with E-state index in [2.05, 4.69) is 0 Å². The zero-order valence-electron chi connectivity index (χ0n) is 9.38. The molecule has 18 heavy (non-hydrogen) atoms. The molecule has 0 amide bonds. The van der Waals surface area contributed by atoms with Crippen LogP contribution in [0.2, 0.25) is 0 Å². The fraction of sp³-hybridized carbons (Fsp3) is 0.462. The van der Waals surface area contributed by atoms with Crippen molar-refractivity contribution < 1.29 is 0 Å². The average Bonchev–Trinajstić information content (AvgIpc) is 2.46. The summed E-state index contributed by atoms with van der Waals surface area (Å²) in [6, 6.07) is 9.45. The van der Waals surface area contributed by atoms with E-state index in [0.717, 1.165) is 0 Å². The average molecular weight is 233 g/mol. The maximum absolute atomic E-state index is 9.36. The van der Waals surface area contributed by atoms with Gasteiger partial charge in [0, 0.05) is 17.4 Å². The molecule has 0 spiro atoms. The lowest BCUT2D eigenvalue weighted by Crippen LogP contribution is -2.54. The van der Waals surface area contributed by atoms with E-state index >= 15 is 0 Å². The molecule has 0 aromatic rings. The first kappa shape index (κ1) is 11.7. The van der Waals surface area contributed by atoms with Crippen molar-refractivity contribution in [1.82, 2.24) is 0 Å². The quantitative estimate of drug-likeness (QED) is 0.628. The fourth-order valence-electron chi connectivity index (χ4n) is 3.12. The van der Waals surface area contributed by atoms with Crippen molar-refractivity contribution in [3.63, 3.8) is 0 Å². The van der Waals surface area contributed by atoms with Gasteiger partial charge in [0.05, 0.1) is 30.3 Å². The van der Waals surface area contributed by atoms with Gasteiger partial charge in [0.15, 0.2) is 10.8 Å². The van der Waals surface area contributed by atoms with Gasteiger partial charge >= 0.3 is 0 Å². The first-order chi connectivity index (χ1) is 8.65. The van der Waals surface area contributed by atoms with Crippen molar-refractivity contribution in [1.29, 1.82) is 26.3 Å². The minimum atomic E-state index is -1.74. The highest BCUT2D eigenvalue weighted by Crippen LogP contribution is 2.61. The Morgan fingerprint density at radius 3 is 1.89 bits per heavy atom. The number of allylic oxidation sites excluding steroid dienone is 2. The standard InChI is InChI=1S/C13H7N5/c14-4-9-3-10-1-2-11(9)13(7-17,8-18)12(10,5-15)6-16/h3,10-11H,1-2H2/t10-,11+/m0/s1. The van der Waals surface area contributed by atoms with Crippen LogP contribution < -0.4 is 0 Å². The molecule has 1 saturated carbocycles. The van der Waals surface area contributed by atoms with Crippen LogP contribution in [0, 0.1) is 79.3 Å². The van der Waals surface area contributed by atoms with Crippen molar-refractivity contribution in [2.24, 2.45) is 22.7 Å². The number of fused-ring (bicyclic) bond motifs is 2. The van der Waals surface area contributed by atoms with Gasteiger partial charge in [-0.25, -0.2) is 0 Å². The molecule has 0 aromatic heterocycles. The van der Waals surface area contributed by atoms with E-state index in [1.165, 1.54) is 0 Å². The van der Waals surface area contributed by atoms with Crippen molar-refractivity contribution in [3.05, 3.63) is 11.6 Å². The SMILES string of the molecule is N#CC1=C[C@@H]2CC[C@H]1C(C#N)(C#N)C2(C#N)C#N. The first-order valence-electron chi connectivity index (χ1n) is 5.42. The molecule has 2 atom stereocenters. The van der Waals surface area contributed by atoms with Crippen LogP contribution in [-0.4, -0.2) is 0 Å². The summed E-state index contributed by atoms with van der Waals surface area (Å²) >= 11 is 0. The summed E-state index contributed by atoms with van der Waals surface area (Å²) in [5, 5.41) is 46.4. The molecule has 0 saturated heterocycles. The van der Waals surface area contributed by atoms with Gasteiger partial charge in [-0.15, -0.1) is 0 Å². The predicted molar refractivity (Wildman–Crippen MR) is 57.2 cm³/mol. The molecular formula is C13H7N5. The molecule has 3 aliphatic carbocycles. The highest BCUT2D eigenvalue weighted by molar-refractivity contribution is 5.49. The second kappa shape index (κ2) is 3.60. The first-order valence-corrected chi connectivity index (χ1v) is 5.42. The molecular weight excluding hydrogens is 226 g/mol. The van der Waals surface area contributed by atoms with Crippen molar-refractivity contribution in [2.75, 3.05) is 0 Å². The lowest BCUT2D eigenvalue weighted by molar-refractivity contribution is 0.0844. The van der Waals surface area contributed by atoms with Gasteiger partial charge in [0.2, 0.25) is 0 Å². The minimum absolute atomic E-state index is 0.357. The molecule has 0 aliphatic heterocycles. The van der Waals surface area contributed by atoms with Gasteiger partial charge in [0.1, 0.15) is 0 Å². The van der Waals surface area contributed by atoms with Gasteiger partial charge < -0.3 is 0 Å². The van der Waals surface area contributed by atoms with Crippen LogP contribution in [0.4, 0.5) is 0 Å². The zero-order valence-corrected chi connectivity index (χ0v) is 9.38. The monoisotopic (exact) mass is 233 g/mol. The van der Waals surface area contributed by atoms with Crippen molar-refractivity contribution >= 4 is 0 Å². The Kier molecular flexibility index (Phi) is 2.33. The summed E-state index contributed by atoms with van der Waals surface area (Å²) < 4.78 is 0. The van der Waals surface area contributed by atoms with Gasteiger partial charge in [-0.3, -0.25) is 0 Å². The lowest BCUT2D eigenvalue weighted by atomic mass is 9.45. The number of nitrogens with zero attached hydrogens (tertiary/aromatic N) is 5. The number of rotatable bonds is 0. The summed E-state index contributed by atoms with van der Waals surface area (Å²) in [7, 11) is 0. The number of nitriles is 5. The molecule has 3 rings (SSSR count). The predicted octanol–water partition coefficient (Wildman–Crippen LogP) is 1.54. The van der Waals surface area contributed by atoms with E-state index in [0.29, 0.717) is 18.4 Å². The summed E-state index contributed by atoms with van der Waals surface area (Å²) in [5.41, 5.74) is -3.05. The molecule has 84 valence electrons. The number of hydrogen-bond donors (Lipinski definition) is 0. The molecule has 5 heteroatoms. The van der Waals surface area contributed by atoms with Crippen molar-refractivity contribution in [2.45, 2.75) is 12.8 Å². The smallest absolute Gasteiger partial charge is 0.183 e. The number of hydrogen-bond acceptors (Lipinski definition) is 5. The topological polar surface area (TPSA) is 119 Å². The summed E-state index contributed by atoms with van der Waals surface area (Å²) in [6.45, 7) is 0. The lowest BCUT2D eigenvalue weighted by Gasteiger charge is -2.49. The summed E-state index contributed by atoms with van der Waals surface area (Å²) in [6.07, 6.45) is 2.64. The largest absolute Gasteiger partial charge is 0.196 e. The van der Waals surface area contributed by atoms with E-state index < -0.39 is 22.7 Å². The minimum Gasteiger partial charge on any atom is -0.196 e. The van der Waals surface area contributed by atoms with Crippen LogP contribution in [-0.2, 0) is 0 Å². The van der Waals surface area contributed by atoms with Crippen LogP contribution in [0.15, 0.2) is 11.6 Å². The van der Waals surface area contributed by atoms with Gasteiger partial charge in [-0.1, -0.05) is 6.08 Å². The Balaban J connectivity index is 2.82. The molecule has 2 bridgehead atoms. The molecule has 0 aromatic carbocycles. The summed E-state index contributed by atoms with van der Waals surface area (Å²) in [4.78, 5) is 0. The van der Waals surface area contributed by atoms with E-state index in [1.807, 2.05) is 30.3 Å². The third-order valence-electron chi connectivity index (χ3n) is 4.06.